The van der Waals surface area contributed by atoms with E-state index in [4.69, 9.17) is 14.0 Å². The number of aromatic nitrogens is 2. The molecule has 0 atom stereocenters. The summed E-state index contributed by atoms with van der Waals surface area (Å²) < 4.78 is 16.9. The molecular weight excluding hydrogens is 341 g/mol. The molecule has 0 bridgehead atoms. The van der Waals surface area contributed by atoms with Gasteiger partial charge in [-0.1, -0.05) is 0 Å². The number of rotatable bonds is 2. The summed E-state index contributed by atoms with van der Waals surface area (Å²) in [5.41, 5.74) is -1.78. The maximum atomic E-state index is 12.2. The van der Waals surface area contributed by atoms with Crippen LogP contribution in [0.25, 0.3) is 0 Å². The van der Waals surface area contributed by atoms with Crippen LogP contribution >= 0.6 is 0 Å². The topological polar surface area (TPSA) is 111 Å². The van der Waals surface area contributed by atoms with Crippen molar-refractivity contribution in [1.29, 1.82) is 0 Å². The van der Waals surface area contributed by atoms with Crippen molar-refractivity contribution in [3.05, 3.63) is 12.4 Å². The van der Waals surface area contributed by atoms with Crippen LogP contribution < -0.4 is 10.5 Å². The molecule has 0 unspecified atom stereocenters. The number of hydrogen-bond acceptors (Lipinski definition) is 7. The molecule has 0 saturated carbocycles. The van der Waals surface area contributed by atoms with Gasteiger partial charge in [0.1, 0.15) is 5.60 Å². The smallest absolute Gasteiger partial charge is 0.464 e. The molecular formula is C16H24BN3O6. The Hall–Kier alpha value is -2.20. The third-order valence-corrected chi connectivity index (χ3v) is 4.13. The fraction of sp³-hybridized carbons (Fsp3) is 0.625. The number of carboxylic acid groups (broad SMARTS) is 1. The van der Waals surface area contributed by atoms with Gasteiger partial charge in [-0.25, -0.2) is 14.6 Å². The lowest BCUT2D eigenvalue weighted by atomic mass is 9.85. The van der Waals surface area contributed by atoms with Crippen LogP contribution in [-0.4, -0.2) is 51.2 Å². The quantitative estimate of drug-likeness (QED) is 0.794. The summed E-state index contributed by atoms with van der Waals surface area (Å²) in [5, 5.41) is 9.41. The van der Waals surface area contributed by atoms with Crippen LogP contribution in [0.1, 0.15) is 48.5 Å². The van der Waals surface area contributed by atoms with Crippen LogP contribution in [0.3, 0.4) is 0 Å². The molecule has 0 radical (unpaired) electrons. The maximum absolute atomic E-state index is 12.2. The van der Waals surface area contributed by atoms with E-state index in [-0.39, 0.29) is 11.4 Å². The zero-order valence-electron chi connectivity index (χ0n) is 16.1. The van der Waals surface area contributed by atoms with Gasteiger partial charge in [-0.15, -0.1) is 0 Å². The monoisotopic (exact) mass is 365 g/mol. The number of anilines is 1. The van der Waals surface area contributed by atoms with E-state index in [9.17, 15) is 14.7 Å². The molecule has 1 aliphatic rings. The molecule has 1 saturated heterocycles. The van der Waals surface area contributed by atoms with Crippen LogP contribution in [-0.2, 0) is 14.0 Å². The summed E-state index contributed by atoms with van der Waals surface area (Å²) in [4.78, 5) is 32.4. The number of carbonyl (C=O) groups is 2. The first-order valence-electron chi connectivity index (χ1n) is 8.17. The van der Waals surface area contributed by atoms with Crippen LogP contribution in [0.2, 0.25) is 0 Å². The van der Waals surface area contributed by atoms with Crippen molar-refractivity contribution < 1.29 is 28.7 Å². The molecule has 2 heterocycles. The third-order valence-electron chi connectivity index (χ3n) is 4.13. The van der Waals surface area contributed by atoms with Gasteiger partial charge in [0.2, 0.25) is 0 Å². The average molecular weight is 365 g/mol. The molecule has 1 aromatic heterocycles. The number of imide groups is 1. The molecule has 1 N–H and O–H groups in total. The predicted octanol–water partition coefficient (Wildman–Crippen LogP) is 2.20. The zero-order valence-corrected chi connectivity index (χ0v) is 16.1. The van der Waals surface area contributed by atoms with Gasteiger partial charge in [-0.05, 0) is 48.5 Å². The first kappa shape index (κ1) is 20.1. The number of nitrogens with zero attached hydrogens (tertiary/aromatic N) is 3. The van der Waals surface area contributed by atoms with Gasteiger partial charge in [0, 0.05) is 6.20 Å². The molecule has 1 aromatic rings. The van der Waals surface area contributed by atoms with Crippen molar-refractivity contribution in [3.63, 3.8) is 0 Å². The van der Waals surface area contributed by atoms with Crippen LogP contribution in [0.5, 0.6) is 0 Å². The lowest BCUT2D eigenvalue weighted by Gasteiger charge is -2.32. The van der Waals surface area contributed by atoms with E-state index < -0.39 is 36.1 Å². The van der Waals surface area contributed by atoms with E-state index in [1.807, 2.05) is 27.7 Å². The number of hydrogen-bond donors (Lipinski definition) is 1. The van der Waals surface area contributed by atoms with E-state index in [0.29, 0.717) is 4.90 Å². The minimum Gasteiger partial charge on any atom is -0.464 e. The third kappa shape index (κ3) is 4.13. The predicted molar refractivity (Wildman–Crippen MR) is 94.5 cm³/mol. The SMILES string of the molecule is CC(C)(C)OC(=O)N(C(=O)O)c1cncc(B2OC(C)(C)C(C)(C)O2)n1. The summed E-state index contributed by atoms with van der Waals surface area (Å²) >= 11 is 0. The fourth-order valence-corrected chi connectivity index (χ4v) is 2.13. The van der Waals surface area contributed by atoms with Crippen molar-refractivity contribution in [2.75, 3.05) is 4.90 Å². The van der Waals surface area contributed by atoms with Crippen molar-refractivity contribution in [2.24, 2.45) is 0 Å². The normalized spacial score (nSPS) is 18.5. The van der Waals surface area contributed by atoms with Gasteiger partial charge >= 0.3 is 19.3 Å². The second kappa shape index (κ2) is 6.51. The van der Waals surface area contributed by atoms with Crippen molar-refractivity contribution in [3.8, 4) is 0 Å². The van der Waals surface area contributed by atoms with Gasteiger partial charge in [-0.3, -0.25) is 4.98 Å². The van der Waals surface area contributed by atoms with E-state index in [2.05, 4.69) is 9.97 Å². The molecule has 0 spiro atoms. The highest BCUT2D eigenvalue weighted by Crippen LogP contribution is 2.36. The minimum absolute atomic E-state index is 0.195. The Morgan fingerprint density at radius 2 is 1.69 bits per heavy atom. The minimum atomic E-state index is -1.53. The Morgan fingerprint density at radius 3 is 2.15 bits per heavy atom. The Morgan fingerprint density at radius 1 is 1.15 bits per heavy atom. The maximum Gasteiger partial charge on any atom is 0.516 e. The van der Waals surface area contributed by atoms with Gasteiger partial charge < -0.3 is 19.2 Å². The lowest BCUT2D eigenvalue weighted by Crippen LogP contribution is -2.43. The highest BCUT2D eigenvalue weighted by molar-refractivity contribution is 6.61. The van der Waals surface area contributed by atoms with Crippen LogP contribution in [0.15, 0.2) is 12.4 Å². The molecule has 0 aliphatic carbocycles. The van der Waals surface area contributed by atoms with Gasteiger partial charge in [0.15, 0.2) is 5.82 Å². The highest BCUT2D eigenvalue weighted by Gasteiger charge is 2.52. The first-order chi connectivity index (χ1) is 11.7. The number of ether oxygens (including phenoxy) is 1. The summed E-state index contributed by atoms with van der Waals surface area (Å²) in [6, 6.07) is 0. The molecule has 10 heteroatoms. The van der Waals surface area contributed by atoms with Crippen LogP contribution in [0, 0.1) is 0 Å². The summed E-state index contributed by atoms with van der Waals surface area (Å²) in [6.07, 6.45) is -0.0296. The average Bonchev–Trinajstić information content (AvgIpc) is 2.65. The van der Waals surface area contributed by atoms with E-state index >= 15 is 0 Å². The summed E-state index contributed by atoms with van der Waals surface area (Å²) in [7, 11) is -0.832. The zero-order chi connectivity index (χ0) is 19.9. The van der Waals surface area contributed by atoms with E-state index in [1.54, 1.807) is 20.8 Å². The van der Waals surface area contributed by atoms with Crippen molar-refractivity contribution in [1.82, 2.24) is 9.97 Å². The molecule has 2 amide bonds. The Labute approximate surface area is 152 Å². The largest absolute Gasteiger partial charge is 0.516 e. The molecule has 0 aromatic carbocycles. The Bertz CT molecular complexity index is 700. The number of amides is 2. The molecule has 26 heavy (non-hydrogen) atoms. The second-order valence-corrected chi connectivity index (χ2v) is 7.99. The standard InChI is InChI=1S/C16H24BN3O6/c1-14(2,3)24-13(23)20(12(21)22)11-9-18-8-10(19-11)17-25-15(4,5)16(6,7)26-17/h8-9H,1-7H3,(H,21,22). The fourth-order valence-electron chi connectivity index (χ4n) is 2.13. The van der Waals surface area contributed by atoms with Crippen LogP contribution in [0.4, 0.5) is 15.4 Å². The van der Waals surface area contributed by atoms with E-state index in [1.165, 1.54) is 6.20 Å². The molecule has 1 aliphatic heterocycles. The Kier molecular flexibility index (Phi) is 5.04. The molecule has 9 nitrogen and oxygen atoms in total. The first-order valence-corrected chi connectivity index (χ1v) is 8.17. The Balaban J connectivity index is 2.32. The summed E-state index contributed by atoms with van der Waals surface area (Å²) in [6.45, 7) is 12.4. The highest BCUT2D eigenvalue weighted by atomic mass is 16.7. The molecule has 2 rings (SSSR count). The molecule has 1 fully saturated rings. The van der Waals surface area contributed by atoms with Gasteiger partial charge in [-0.2, -0.15) is 4.90 Å². The van der Waals surface area contributed by atoms with E-state index in [0.717, 1.165) is 6.20 Å². The lowest BCUT2D eigenvalue weighted by molar-refractivity contribution is 0.00578. The van der Waals surface area contributed by atoms with Crippen molar-refractivity contribution >= 4 is 30.7 Å². The second-order valence-electron chi connectivity index (χ2n) is 7.99. The molecule has 142 valence electrons. The van der Waals surface area contributed by atoms with Gasteiger partial charge in [0.25, 0.3) is 0 Å². The van der Waals surface area contributed by atoms with Crippen molar-refractivity contribution in [2.45, 2.75) is 65.3 Å². The van der Waals surface area contributed by atoms with Gasteiger partial charge in [0.05, 0.1) is 23.0 Å². The number of carbonyl (C=O) groups excluding carboxylic acids is 1. The summed E-state index contributed by atoms with van der Waals surface area (Å²) in [5.74, 6) is -0.195.